The molecule has 0 aliphatic carbocycles. The van der Waals surface area contributed by atoms with E-state index in [9.17, 15) is 19.8 Å². The minimum atomic E-state index is -1.10. The normalized spacial score (nSPS) is 17.0. The van der Waals surface area contributed by atoms with Crippen molar-refractivity contribution in [3.05, 3.63) is 59.7 Å². The Hall–Kier alpha value is -3.02. The monoisotopic (exact) mass is 341 g/mol. The van der Waals surface area contributed by atoms with Crippen molar-refractivity contribution in [2.45, 2.75) is 18.9 Å². The number of amides is 1. The van der Waals surface area contributed by atoms with Crippen molar-refractivity contribution in [2.24, 2.45) is 5.92 Å². The topological polar surface area (TPSA) is 95.9 Å². The van der Waals surface area contributed by atoms with Crippen LogP contribution < -0.4 is 10.1 Å². The standard InChI is InChI=1S/C19H19NO5/c21-15-7-5-12(6-8-15)9-16(19(23)24)20-18(22)14-10-13-3-1-2-4-17(13)25-11-14/h1-8,14,16,21H,9-11H2,(H,20,22)(H,23,24)/t14?,16-/m0/s1. The molecule has 6 nitrogen and oxygen atoms in total. The first-order chi connectivity index (χ1) is 12.0. The summed E-state index contributed by atoms with van der Waals surface area (Å²) < 4.78 is 5.59. The summed E-state index contributed by atoms with van der Waals surface area (Å²) in [6.45, 7) is 0.231. The van der Waals surface area contributed by atoms with Crippen molar-refractivity contribution in [2.75, 3.05) is 6.61 Å². The highest BCUT2D eigenvalue weighted by atomic mass is 16.5. The number of phenolic OH excluding ortho intramolecular Hbond substituents is 1. The summed E-state index contributed by atoms with van der Waals surface area (Å²) in [4.78, 5) is 24.0. The van der Waals surface area contributed by atoms with Gasteiger partial charge in [0.05, 0.1) is 5.92 Å². The molecule has 1 heterocycles. The quantitative estimate of drug-likeness (QED) is 0.770. The van der Waals surface area contributed by atoms with Gasteiger partial charge in [-0.15, -0.1) is 0 Å². The van der Waals surface area contributed by atoms with Gasteiger partial charge >= 0.3 is 5.97 Å². The zero-order valence-electron chi connectivity index (χ0n) is 13.5. The third kappa shape index (κ3) is 4.09. The highest BCUT2D eigenvalue weighted by Gasteiger charge is 2.29. The van der Waals surface area contributed by atoms with Gasteiger partial charge < -0.3 is 20.3 Å². The molecule has 2 aromatic rings. The van der Waals surface area contributed by atoms with Crippen molar-refractivity contribution in [3.8, 4) is 11.5 Å². The number of carbonyl (C=O) groups excluding carboxylic acids is 1. The molecule has 130 valence electrons. The lowest BCUT2D eigenvalue weighted by Gasteiger charge is -2.26. The van der Waals surface area contributed by atoms with E-state index in [1.165, 1.54) is 12.1 Å². The van der Waals surface area contributed by atoms with Crippen LogP contribution in [0.2, 0.25) is 0 Å². The van der Waals surface area contributed by atoms with Crippen LogP contribution in [0.3, 0.4) is 0 Å². The Morgan fingerprint density at radius 2 is 1.88 bits per heavy atom. The third-order valence-electron chi connectivity index (χ3n) is 4.24. The molecule has 3 N–H and O–H groups in total. The van der Waals surface area contributed by atoms with Crippen LogP contribution >= 0.6 is 0 Å². The van der Waals surface area contributed by atoms with Crippen molar-refractivity contribution in [1.82, 2.24) is 5.32 Å². The summed E-state index contributed by atoms with van der Waals surface area (Å²) in [7, 11) is 0. The summed E-state index contributed by atoms with van der Waals surface area (Å²) in [5.41, 5.74) is 1.66. The molecule has 0 radical (unpaired) electrons. The lowest BCUT2D eigenvalue weighted by atomic mass is 9.95. The number of aromatic hydroxyl groups is 1. The number of nitrogens with one attached hydrogen (secondary N) is 1. The molecular weight excluding hydrogens is 322 g/mol. The fraction of sp³-hybridized carbons (Fsp3) is 0.263. The smallest absolute Gasteiger partial charge is 0.326 e. The maximum atomic E-state index is 12.5. The van der Waals surface area contributed by atoms with Crippen LogP contribution in [-0.4, -0.2) is 34.7 Å². The number of hydrogen-bond donors (Lipinski definition) is 3. The summed E-state index contributed by atoms with van der Waals surface area (Å²) in [5.74, 6) is -0.973. The van der Waals surface area contributed by atoms with Gasteiger partial charge in [0.15, 0.2) is 0 Å². The number of benzene rings is 2. The summed E-state index contributed by atoms with van der Waals surface area (Å²) in [5, 5.41) is 21.3. The lowest BCUT2D eigenvalue weighted by molar-refractivity contribution is -0.142. The zero-order valence-corrected chi connectivity index (χ0v) is 13.5. The van der Waals surface area contributed by atoms with E-state index >= 15 is 0 Å². The van der Waals surface area contributed by atoms with Crippen molar-refractivity contribution in [3.63, 3.8) is 0 Å². The highest BCUT2D eigenvalue weighted by Crippen LogP contribution is 2.27. The predicted molar refractivity (Wildman–Crippen MR) is 90.5 cm³/mol. The van der Waals surface area contributed by atoms with Gasteiger partial charge in [-0.2, -0.15) is 0 Å². The van der Waals surface area contributed by atoms with Crippen molar-refractivity contribution < 1.29 is 24.5 Å². The second-order valence-electron chi connectivity index (χ2n) is 6.09. The number of para-hydroxylation sites is 1. The van der Waals surface area contributed by atoms with E-state index in [1.54, 1.807) is 12.1 Å². The number of carbonyl (C=O) groups is 2. The number of aliphatic carboxylic acids is 1. The van der Waals surface area contributed by atoms with Gasteiger partial charge in [-0.25, -0.2) is 4.79 Å². The van der Waals surface area contributed by atoms with Crippen LogP contribution in [-0.2, 0) is 22.4 Å². The molecule has 0 fully saturated rings. The second kappa shape index (κ2) is 7.25. The molecule has 1 aliphatic heterocycles. The SMILES string of the molecule is O=C(N[C@@H](Cc1ccc(O)cc1)C(=O)O)C1COc2ccccc2C1. The lowest BCUT2D eigenvalue weighted by Crippen LogP contribution is -2.47. The predicted octanol–water partition coefficient (Wildman–Crippen LogP) is 1.76. The molecule has 0 aromatic heterocycles. The molecule has 0 saturated carbocycles. The van der Waals surface area contributed by atoms with Crippen LogP contribution in [0.1, 0.15) is 11.1 Å². The molecule has 0 spiro atoms. The zero-order chi connectivity index (χ0) is 17.8. The number of carboxylic acid groups (broad SMARTS) is 1. The number of hydrogen-bond acceptors (Lipinski definition) is 4. The number of ether oxygens (including phenoxy) is 1. The number of fused-ring (bicyclic) bond motifs is 1. The summed E-state index contributed by atoms with van der Waals surface area (Å²) in [6, 6.07) is 12.7. The molecule has 25 heavy (non-hydrogen) atoms. The van der Waals surface area contributed by atoms with E-state index in [4.69, 9.17) is 4.74 Å². The van der Waals surface area contributed by atoms with Crippen molar-refractivity contribution >= 4 is 11.9 Å². The van der Waals surface area contributed by atoms with Gasteiger partial charge in [0.25, 0.3) is 0 Å². The summed E-state index contributed by atoms with van der Waals surface area (Å²) >= 11 is 0. The second-order valence-corrected chi connectivity index (χ2v) is 6.09. The first kappa shape index (κ1) is 16.8. The van der Waals surface area contributed by atoms with Crippen LogP contribution in [0, 0.1) is 5.92 Å². The number of phenols is 1. The summed E-state index contributed by atoms with van der Waals surface area (Å²) in [6.07, 6.45) is 0.666. The number of carboxylic acids is 1. The first-order valence-corrected chi connectivity index (χ1v) is 8.04. The highest BCUT2D eigenvalue weighted by molar-refractivity contribution is 5.85. The fourth-order valence-corrected chi connectivity index (χ4v) is 2.85. The van der Waals surface area contributed by atoms with E-state index in [-0.39, 0.29) is 24.7 Å². The first-order valence-electron chi connectivity index (χ1n) is 8.04. The molecule has 6 heteroatoms. The van der Waals surface area contributed by atoms with Crippen LogP contribution in [0.4, 0.5) is 0 Å². The van der Waals surface area contributed by atoms with E-state index in [1.807, 2.05) is 24.3 Å². The Kier molecular flexibility index (Phi) is 4.88. The average Bonchev–Trinajstić information content (AvgIpc) is 2.62. The fourth-order valence-electron chi connectivity index (χ4n) is 2.85. The Labute approximate surface area is 145 Å². The van der Waals surface area contributed by atoms with Crippen LogP contribution in [0.25, 0.3) is 0 Å². The van der Waals surface area contributed by atoms with Crippen LogP contribution in [0.5, 0.6) is 11.5 Å². The molecule has 1 aliphatic rings. The van der Waals surface area contributed by atoms with E-state index in [2.05, 4.69) is 5.32 Å². The molecule has 0 bridgehead atoms. The maximum Gasteiger partial charge on any atom is 0.326 e. The average molecular weight is 341 g/mol. The van der Waals surface area contributed by atoms with E-state index in [0.717, 1.165) is 16.9 Å². The van der Waals surface area contributed by atoms with E-state index < -0.39 is 17.9 Å². The Bertz CT molecular complexity index is 772. The minimum absolute atomic E-state index is 0.109. The molecule has 1 amide bonds. The molecule has 3 rings (SSSR count). The molecule has 2 aromatic carbocycles. The Morgan fingerprint density at radius 3 is 2.60 bits per heavy atom. The maximum absolute atomic E-state index is 12.5. The van der Waals surface area contributed by atoms with Crippen LogP contribution in [0.15, 0.2) is 48.5 Å². The van der Waals surface area contributed by atoms with Gasteiger partial charge in [0, 0.05) is 6.42 Å². The molecule has 1 unspecified atom stereocenters. The number of rotatable bonds is 5. The third-order valence-corrected chi connectivity index (χ3v) is 4.24. The molecule has 2 atom stereocenters. The molecular formula is C19H19NO5. The Balaban J connectivity index is 1.65. The van der Waals surface area contributed by atoms with E-state index in [0.29, 0.717) is 6.42 Å². The largest absolute Gasteiger partial charge is 0.508 e. The van der Waals surface area contributed by atoms with Gasteiger partial charge in [0.1, 0.15) is 24.1 Å². The van der Waals surface area contributed by atoms with Gasteiger partial charge in [-0.1, -0.05) is 30.3 Å². The van der Waals surface area contributed by atoms with Crippen molar-refractivity contribution in [1.29, 1.82) is 0 Å². The Morgan fingerprint density at radius 1 is 1.16 bits per heavy atom. The molecule has 0 saturated heterocycles. The van der Waals surface area contributed by atoms with Gasteiger partial charge in [-0.3, -0.25) is 4.79 Å². The van der Waals surface area contributed by atoms with Gasteiger partial charge in [-0.05, 0) is 35.7 Å². The minimum Gasteiger partial charge on any atom is -0.508 e. The van der Waals surface area contributed by atoms with Gasteiger partial charge in [0.2, 0.25) is 5.91 Å².